The number of nitrogens with zero attached hydrogens (tertiary/aromatic N) is 4. The van der Waals surface area contributed by atoms with Crippen LogP contribution in [0.25, 0.3) is 6.08 Å². The van der Waals surface area contributed by atoms with E-state index in [1.54, 1.807) is 30.6 Å². The molecular weight excluding hydrogens is 392 g/mol. The molecule has 0 bridgehead atoms. The van der Waals surface area contributed by atoms with E-state index in [2.05, 4.69) is 19.8 Å². The topological polar surface area (TPSA) is 78.8 Å². The first-order chi connectivity index (χ1) is 15.2. The smallest absolute Gasteiger partial charge is 0.232 e. The molecule has 0 amide bonds. The summed E-state index contributed by atoms with van der Waals surface area (Å²) >= 11 is 0. The van der Waals surface area contributed by atoms with Crippen LogP contribution in [0.2, 0.25) is 0 Å². The summed E-state index contributed by atoms with van der Waals surface area (Å²) in [5, 5.41) is 10.5. The maximum atomic E-state index is 12.8. The van der Waals surface area contributed by atoms with Gasteiger partial charge in [0.2, 0.25) is 5.78 Å². The Kier molecular flexibility index (Phi) is 5.09. The summed E-state index contributed by atoms with van der Waals surface area (Å²) in [4.78, 5) is 26.0. The molecule has 0 unspecified atom stereocenters. The van der Waals surface area contributed by atoms with Gasteiger partial charge in [0.05, 0.1) is 16.8 Å². The fourth-order valence-electron chi connectivity index (χ4n) is 3.94. The minimum atomic E-state index is -0.193. The third kappa shape index (κ3) is 3.87. The first-order valence-electron chi connectivity index (χ1n) is 10.3. The Bertz CT molecular complexity index is 1120. The molecule has 2 aromatic heterocycles. The molecule has 31 heavy (non-hydrogen) atoms. The number of rotatable bonds is 4. The van der Waals surface area contributed by atoms with Gasteiger partial charge in [-0.2, -0.15) is 0 Å². The minimum Gasteiger partial charge on any atom is -0.507 e. The van der Waals surface area contributed by atoms with Crippen LogP contribution >= 0.6 is 0 Å². The lowest BCUT2D eigenvalue weighted by atomic mass is 10.0. The molecule has 2 aliphatic heterocycles. The lowest BCUT2D eigenvalue weighted by molar-refractivity contribution is 0.101. The number of fused-ring (bicyclic) bond motifs is 1. The molecule has 1 saturated heterocycles. The zero-order valence-corrected chi connectivity index (χ0v) is 16.9. The van der Waals surface area contributed by atoms with Crippen LogP contribution in [0.5, 0.6) is 11.5 Å². The number of pyridine rings is 2. The molecule has 7 heteroatoms. The number of anilines is 1. The number of hydrogen-bond donors (Lipinski definition) is 1. The SMILES string of the molecule is O=C1/C(=C/c2ccccn2)Oc2c1ccc(O)c2CN1CCN(c2ccccn2)CC1. The summed E-state index contributed by atoms with van der Waals surface area (Å²) < 4.78 is 5.93. The van der Waals surface area contributed by atoms with Gasteiger partial charge >= 0.3 is 0 Å². The quantitative estimate of drug-likeness (QED) is 0.657. The molecule has 4 heterocycles. The van der Waals surface area contributed by atoms with Crippen LogP contribution in [0.15, 0.2) is 66.7 Å². The van der Waals surface area contributed by atoms with Crippen molar-refractivity contribution in [3.05, 3.63) is 83.5 Å². The fourth-order valence-corrected chi connectivity index (χ4v) is 3.94. The number of benzene rings is 1. The number of aromatic hydroxyl groups is 1. The Balaban J connectivity index is 1.33. The Hall–Kier alpha value is -3.71. The zero-order chi connectivity index (χ0) is 21.2. The van der Waals surface area contributed by atoms with Crippen molar-refractivity contribution in [3.63, 3.8) is 0 Å². The molecule has 5 rings (SSSR count). The summed E-state index contributed by atoms with van der Waals surface area (Å²) in [6.07, 6.45) is 5.10. The Labute approximate surface area is 180 Å². The van der Waals surface area contributed by atoms with Gasteiger partial charge in [-0.05, 0) is 36.4 Å². The molecule has 0 atom stereocenters. The van der Waals surface area contributed by atoms with E-state index in [0.29, 0.717) is 29.1 Å². The summed E-state index contributed by atoms with van der Waals surface area (Å²) in [5.74, 6) is 1.59. The molecule has 1 aromatic carbocycles. The van der Waals surface area contributed by atoms with Gasteiger partial charge in [-0.25, -0.2) is 4.98 Å². The third-order valence-electron chi connectivity index (χ3n) is 5.61. The number of phenols is 1. The molecule has 156 valence electrons. The third-order valence-corrected chi connectivity index (χ3v) is 5.61. The Morgan fingerprint density at radius 2 is 1.74 bits per heavy atom. The summed E-state index contributed by atoms with van der Waals surface area (Å²) in [7, 11) is 0. The van der Waals surface area contributed by atoms with Gasteiger partial charge in [-0.3, -0.25) is 14.7 Å². The number of carbonyl (C=O) groups is 1. The molecule has 0 spiro atoms. The largest absolute Gasteiger partial charge is 0.507 e. The number of allylic oxidation sites excluding steroid dienone is 1. The average Bonchev–Trinajstić information content (AvgIpc) is 3.13. The van der Waals surface area contributed by atoms with Gasteiger partial charge in [-0.15, -0.1) is 0 Å². The maximum absolute atomic E-state index is 12.8. The maximum Gasteiger partial charge on any atom is 0.232 e. The van der Waals surface area contributed by atoms with Crippen LogP contribution in [0.4, 0.5) is 5.82 Å². The second-order valence-electron chi connectivity index (χ2n) is 7.59. The van der Waals surface area contributed by atoms with Crippen molar-refractivity contribution in [2.75, 3.05) is 31.1 Å². The van der Waals surface area contributed by atoms with Crippen molar-refractivity contribution in [2.24, 2.45) is 0 Å². The Morgan fingerprint density at radius 3 is 2.45 bits per heavy atom. The van der Waals surface area contributed by atoms with Crippen molar-refractivity contribution in [3.8, 4) is 11.5 Å². The fraction of sp³-hybridized carbons (Fsp3) is 0.208. The minimum absolute atomic E-state index is 0.137. The predicted molar refractivity (Wildman–Crippen MR) is 117 cm³/mol. The molecule has 0 radical (unpaired) electrons. The van der Waals surface area contributed by atoms with Gasteiger partial charge in [0, 0.05) is 51.2 Å². The normalized spacial score (nSPS) is 17.6. The highest BCUT2D eigenvalue weighted by Gasteiger charge is 2.32. The van der Waals surface area contributed by atoms with E-state index >= 15 is 0 Å². The highest BCUT2D eigenvalue weighted by Crippen LogP contribution is 2.40. The Morgan fingerprint density at radius 1 is 0.968 bits per heavy atom. The van der Waals surface area contributed by atoms with Crippen molar-refractivity contribution < 1.29 is 14.6 Å². The summed E-state index contributed by atoms with van der Waals surface area (Å²) in [5.41, 5.74) is 1.76. The van der Waals surface area contributed by atoms with E-state index in [-0.39, 0.29) is 17.3 Å². The van der Waals surface area contributed by atoms with Crippen LogP contribution in [0, 0.1) is 0 Å². The number of Topliss-reactive ketones (excluding diaryl/α,β-unsaturated/α-hetero) is 1. The van der Waals surface area contributed by atoms with E-state index in [1.807, 2.05) is 36.4 Å². The number of aromatic nitrogens is 2. The molecule has 0 aliphatic carbocycles. The summed E-state index contributed by atoms with van der Waals surface area (Å²) in [6.45, 7) is 3.85. The molecule has 2 aliphatic rings. The van der Waals surface area contributed by atoms with Crippen molar-refractivity contribution in [1.29, 1.82) is 0 Å². The van der Waals surface area contributed by atoms with Crippen molar-refractivity contribution >= 4 is 17.7 Å². The molecule has 7 nitrogen and oxygen atoms in total. The first-order valence-corrected chi connectivity index (χ1v) is 10.3. The monoisotopic (exact) mass is 414 g/mol. The number of ether oxygens (including phenoxy) is 1. The van der Waals surface area contributed by atoms with Crippen LogP contribution in [-0.2, 0) is 6.54 Å². The molecule has 0 saturated carbocycles. The number of ketones is 1. The zero-order valence-electron chi connectivity index (χ0n) is 16.9. The van der Waals surface area contributed by atoms with Crippen molar-refractivity contribution in [2.45, 2.75) is 6.54 Å². The summed E-state index contributed by atoms with van der Waals surface area (Å²) in [6, 6.07) is 14.6. The number of carbonyl (C=O) groups excluding carboxylic acids is 1. The van der Waals surface area contributed by atoms with Gasteiger partial charge < -0.3 is 14.7 Å². The van der Waals surface area contributed by atoms with E-state index < -0.39 is 0 Å². The van der Waals surface area contributed by atoms with E-state index in [4.69, 9.17) is 4.74 Å². The highest BCUT2D eigenvalue weighted by atomic mass is 16.5. The van der Waals surface area contributed by atoms with E-state index in [1.165, 1.54) is 0 Å². The second kappa shape index (κ2) is 8.20. The van der Waals surface area contributed by atoms with Gasteiger partial charge in [0.1, 0.15) is 17.3 Å². The van der Waals surface area contributed by atoms with Crippen LogP contribution in [0.3, 0.4) is 0 Å². The van der Waals surface area contributed by atoms with Gasteiger partial charge in [0.15, 0.2) is 5.76 Å². The molecular formula is C24H22N4O3. The van der Waals surface area contributed by atoms with Crippen LogP contribution in [-0.4, -0.2) is 51.9 Å². The second-order valence-corrected chi connectivity index (χ2v) is 7.59. The number of piperazine rings is 1. The van der Waals surface area contributed by atoms with E-state index in [9.17, 15) is 9.90 Å². The van der Waals surface area contributed by atoms with Crippen LogP contribution in [0.1, 0.15) is 21.6 Å². The number of hydrogen-bond acceptors (Lipinski definition) is 7. The lowest BCUT2D eigenvalue weighted by Gasteiger charge is -2.35. The predicted octanol–water partition coefficient (Wildman–Crippen LogP) is 3.12. The number of phenolic OH excluding ortho intramolecular Hbond substituents is 1. The first kappa shape index (κ1) is 19.3. The van der Waals surface area contributed by atoms with Gasteiger partial charge in [0.25, 0.3) is 0 Å². The highest BCUT2D eigenvalue weighted by molar-refractivity contribution is 6.14. The molecule has 3 aromatic rings. The van der Waals surface area contributed by atoms with E-state index in [0.717, 1.165) is 32.0 Å². The lowest BCUT2D eigenvalue weighted by Crippen LogP contribution is -2.46. The van der Waals surface area contributed by atoms with Gasteiger partial charge in [-0.1, -0.05) is 12.1 Å². The molecule has 1 fully saturated rings. The average molecular weight is 414 g/mol. The molecule has 1 N–H and O–H groups in total. The van der Waals surface area contributed by atoms with Crippen molar-refractivity contribution in [1.82, 2.24) is 14.9 Å². The standard InChI is InChI=1S/C24H22N4O3/c29-20-8-7-18-23(30)21(15-17-5-1-3-9-25-17)31-24(18)19(20)16-27-11-13-28(14-12-27)22-6-2-4-10-26-22/h1-10,15,29H,11-14,16H2/b21-15-. The van der Waals surface area contributed by atoms with Crippen LogP contribution < -0.4 is 9.64 Å².